The number of carbonyl (C=O) groups excluding carboxylic acids is 1. The number of hydrogen-bond acceptors (Lipinski definition) is 4. The molecule has 0 saturated carbocycles. The lowest BCUT2D eigenvalue weighted by Crippen LogP contribution is -2.36. The zero-order chi connectivity index (χ0) is 13.7. The zero-order valence-electron chi connectivity index (χ0n) is 11.0. The van der Waals surface area contributed by atoms with Gasteiger partial charge >= 0.3 is 6.03 Å². The van der Waals surface area contributed by atoms with Gasteiger partial charge in [0.1, 0.15) is 11.5 Å². The highest BCUT2D eigenvalue weighted by Crippen LogP contribution is 2.04. The number of aryl methyl sites for hydroxylation is 1. The first-order valence-electron chi connectivity index (χ1n) is 5.95. The third-order valence-corrected chi connectivity index (χ3v) is 2.59. The topological polar surface area (TPSA) is 71.3 Å². The van der Waals surface area contributed by atoms with Gasteiger partial charge in [-0.2, -0.15) is 0 Å². The highest BCUT2D eigenvalue weighted by Gasteiger charge is 2.10. The Morgan fingerprint density at radius 2 is 2.37 bits per heavy atom. The molecule has 6 nitrogen and oxygen atoms in total. The molecule has 0 aliphatic carbocycles. The fourth-order valence-electron chi connectivity index (χ4n) is 1.62. The molecule has 2 aromatic rings. The van der Waals surface area contributed by atoms with Gasteiger partial charge in [-0.05, 0) is 18.6 Å². The molecule has 0 saturated heterocycles. The van der Waals surface area contributed by atoms with Gasteiger partial charge < -0.3 is 14.7 Å². The van der Waals surface area contributed by atoms with E-state index in [-0.39, 0.29) is 6.03 Å². The summed E-state index contributed by atoms with van der Waals surface area (Å²) in [5.41, 5.74) is 1.69. The predicted molar refractivity (Wildman–Crippen MR) is 69.2 cm³/mol. The number of carbonyl (C=O) groups is 1. The molecule has 0 fully saturated rings. The molecule has 1 N–H and O–H groups in total. The van der Waals surface area contributed by atoms with Gasteiger partial charge in [-0.1, -0.05) is 11.2 Å². The van der Waals surface area contributed by atoms with E-state index in [1.54, 1.807) is 24.3 Å². The minimum absolute atomic E-state index is 0.162. The Bertz CT molecular complexity index is 539. The maximum Gasteiger partial charge on any atom is 0.317 e. The van der Waals surface area contributed by atoms with E-state index in [4.69, 9.17) is 4.52 Å². The van der Waals surface area contributed by atoms with Crippen LogP contribution in [-0.2, 0) is 13.1 Å². The summed E-state index contributed by atoms with van der Waals surface area (Å²) >= 11 is 0. The number of hydrogen-bond donors (Lipinski definition) is 1. The Labute approximate surface area is 111 Å². The van der Waals surface area contributed by atoms with Crippen molar-refractivity contribution >= 4 is 6.03 Å². The summed E-state index contributed by atoms with van der Waals surface area (Å²) in [5, 5.41) is 6.66. The standard InChI is InChI=1S/C13H16N4O2/c1-10-6-12(16-19-10)9-17(2)13(18)15-8-11-4-3-5-14-7-11/h3-7H,8-9H2,1-2H3,(H,15,18). The van der Waals surface area contributed by atoms with E-state index >= 15 is 0 Å². The van der Waals surface area contributed by atoms with Gasteiger partial charge in [0.15, 0.2) is 0 Å². The summed E-state index contributed by atoms with van der Waals surface area (Å²) < 4.78 is 4.96. The van der Waals surface area contributed by atoms with Crippen LogP contribution in [0.4, 0.5) is 4.79 Å². The summed E-state index contributed by atoms with van der Waals surface area (Å²) in [6.45, 7) is 2.68. The van der Waals surface area contributed by atoms with Crippen molar-refractivity contribution in [1.29, 1.82) is 0 Å². The normalized spacial score (nSPS) is 10.2. The second-order valence-corrected chi connectivity index (χ2v) is 4.30. The molecule has 2 rings (SSSR count). The molecule has 0 spiro atoms. The molecule has 0 aliphatic rings. The molecule has 0 unspecified atom stereocenters. The Kier molecular flexibility index (Phi) is 4.12. The second-order valence-electron chi connectivity index (χ2n) is 4.30. The lowest BCUT2D eigenvalue weighted by molar-refractivity contribution is 0.205. The van der Waals surface area contributed by atoms with Crippen LogP contribution in [0.25, 0.3) is 0 Å². The lowest BCUT2D eigenvalue weighted by Gasteiger charge is -2.16. The Balaban J connectivity index is 1.82. The molecule has 100 valence electrons. The Morgan fingerprint density at radius 3 is 3.00 bits per heavy atom. The van der Waals surface area contributed by atoms with Crippen molar-refractivity contribution in [1.82, 2.24) is 20.4 Å². The van der Waals surface area contributed by atoms with E-state index in [1.807, 2.05) is 25.1 Å². The maximum absolute atomic E-state index is 11.9. The summed E-state index contributed by atoms with van der Waals surface area (Å²) in [5.74, 6) is 0.735. The van der Waals surface area contributed by atoms with Crippen LogP contribution < -0.4 is 5.32 Å². The molecule has 2 amide bonds. The number of rotatable bonds is 4. The molecule has 2 aromatic heterocycles. The molecular formula is C13H16N4O2. The number of pyridine rings is 1. The van der Waals surface area contributed by atoms with Crippen LogP contribution in [0, 0.1) is 6.92 Å². The quantitative estimate of drug-likeness (QED) is 0.908. The van der Waals surface area contributed by atoms with E-state index in [9.17, 15) is 4.79 Å². The number of nitrogens with one attached hydrogen (secondary N) is 1. The molecule has 0 aromatic carbocycles. The molecule has 19 heavy (non-hydrogen) atoms. The zero-order valence-corrected chi connectivity index (χ0v) is 11.0. The Morgan fingerprint density at radius 1 is 1.53 bits per heavy atom. The van der Waals surface area contributed by atoms with E-state index in [2.05, 4.69) is 15.5 Å². The highest BCUT2D eigenvalue weighted by atomic mass is 16.5. The first-order chi connectivity index (χ1) is 9.15. The maximum atomic E-state index is 11.9. The summed E-state index contributed by atoms with van der Waals surface area (Å²) in [6, 6.07) is 5.40. The number of aromatic nitrogens is 2. The third kappa shape index (κ3) is 3.80. The van der Waals surface area contributed by atoms with Gasteiger partial charge in [-0.15, -0.1) is 0 Å². The van der Waals surface area contributed by atoms with Crippen molar-refractivity contribution < 1.29 is 9.32 Å². The largest absolute Gasteiger partial charge is 0.361 e. The van der Waals surface area contributed by atoms with Crippen molar-refractivity contribution in [2.45, 2.75) is 20.0 Å². The first-order valence-corrected chi connectivity index (χ1v) is 5.95. The summed E-state index contributed by atoms with van der Waals surface area (Å²) in [6.07, 6.45) is 3.42. The van der Waals surface area contributed by atoms with Crippen LogP contribution in [0.2, 0.25) is 0 Å². The van der Waals surface area contributed by atoms with Crippen molar-refractivity contribution in [2.75, 3.05) is 7.05 Å². The summed E-state index contributed by atoms with van der Waals surface area (Å²) in [4.78, 5) is 17.4. The van der Waals surface area contributed by atoms with Gasteiger partial charge in [-0.3, -0.25) is 4.98 Å². The SMILES string of the molecule is Cc1cc(CN(C)C(=O)NCc2cccnc2)no1. The van der Waals surface area contributed by atoms with Crippen LogP contribution in [0.5, 0.6) is 0 Å². The van der Waals surface area contributed by atoms with E-state index < -0.39 is 0 Å². The predicted octanol–water partition coefficient (Wildman–Crippen LogP) is 1.72. The molecule has 0 radical (unpaired) electrons. The fraction of sp³-hybridized carbons (Fsp3) is 0.308. The van der Waals surface area contributed by atoms with Crippen LogP contribution in [0.15, 0.2) is 35.1 Å². The molecule has 2 heterocycles. The van der Waals surface area contributed by atoms with Gasteiger partial charge in [-0.25, -0.2) is 4.79 Å². The molecular weight excluding hydrogens is 244 g/mol. The monoisotopic (exact) mass is 260 g/mol. The third-order valence-electron chi connectivity index (χ3n) is 2.59. The first kappa shape index (κ1) is 13.1. The van der Waals surface area contributed by atoms with Crippen LogP contribution >= 0.6 is 0 Å². The van der Waals surface area contributed by atoms with Crippen molar-refractivity contribution in [3.05, 3.63) is 47.6 Å². The fourth-order valence-corrected chi connectivity index (χ4v) is 1.62. The van der Waals surface area contributed by atoms with E-state index in [0.717, 1.165) is 17.0 Å². The number of amides is 2. The average Bonchev–Trinajstić information content (AvgIpc) is 2.82. The van der Waals surface area contributed by atoms with Gasteiger partial charge in [0, 0.05) is 32.1 Å². The van der Waals surface area contributed by atoms with Crippen molar-refractivity contribution in [2.24, 2.45) is 0 Å². The van der Waals surface area contributed by atoms with E-state index in [1.165, 1.54) is 0 Å². The van der Waals surface area contributed by atoms with Gasteiger partial charge in [0.2, 0.25) is 0 Å². The number of urea groups is 1. The second kappa shape index (κ2) is 5.99. The minimum Gasteiger partial charge on any atom is -0.361 e. The number of nitrogens with zero attached hydrogens (tertiary/aromatic N) is 3. The van der Waals surface area contributed by atoms with Crippen LogP contribution in [0.3, 0.4) is 0 Å². The van der Waals surface area contributed by atoms with Gasteiger partial charge in [0.25, 0.3) is 0 Å². The molecule has 6 heteroatoms. The van der Waals surface area contributed by atoms with E-state index in [0.29, 0.717) is 13.1 Å². The minimum atomic E-state index is -0.162. The van der Waals surface area contributed by atoms with Gasteiger partial charge in [0.05, 0.1) is 6.54 Å². The molecule has 0 atom stereocenters. The Hall–Kier alpha value is -2.37. The average molecular weight is 260 g/mol. The smallest absolute Gasteiger partial charge is 0.317 e. The van der Waals surface area contributed by atoms with Crippen LogP contribution in [0.1, 0.15) is 17.0 Å². The highest BCUT2D eigenvalue weighted by molar-refractivity contribution is 5.73. The molecule has 0 aliphatic heterocycles. The lowest BCUT2D eigenvalue weighted by atomic mass is 10.3. The molecule has 0 bridgehead atoms. The van der Waals surface area contributed by atoms with Crippen molar-refractivity contribution in [3.63, 3.8) is 0 Å². The van der Waals surface area contributed by atoms with Crippen molar-refractivity contribution in [3.8, 4) is 0 Å². The van der Waals surface area contributed by atoms with Crippen LogP contribution in [-0.4, -0.2) is 28.1 Å². The summed E-state index contributed by atoms with van der Waals surface area (Å²) in [7, 11) is 1.71.